The molecule has 0 saturated heterocycles. The fraction of sp³-hybridized carbons (Fsp3) is 0.410. The van der Waals surface area contributed by atoms with E-state index >= 15 is 0 Å². The number of nitrogens with zero attached hydrogens (tertiary/aromatic N) is 3. The summed E-state index contributed by atoms with van der Waals surface area (Å²) < 4.78 is 80.8. The van der Waals surface area contributed by atoms with E-state index in [1.165, 1.54) is 16.4 Å². The summed E-state index contributed by atoms with van der Waals surface area (Å²) in [5.41, 5.74) is 7.73. The Kier molecular flexibility index (Phi) is 20.2. The third-order valence-electron chi connectivity index (χ3n) is 13.4. The van der Waals surface area contributed by atoms with Crippen molar-refractivity contribution in [3.05, 3.63) is 155 Å². The number of carbonyl (C=O) groups excluding carboxylic acids is 2. The van der Waals surface area contributed by atoms with Crippen LogP contribution < -0.4 is 14.2 Å². The molecule has 2 heterocycles. The van der Waals surface area contributed by atoms with Gasteiger partial charge in [0.15, 0.2) is 23.3 Å². The highest BCUT2D eigenvalue weighted by atomic mass is 32.2. The Bertz CT molecular complexity index is 3270. The van der Waals surface area contributed by atoms with Gasteiger partial charge in [0.2, 0.25) is 0 Å². The summed E-state index contributed by atoms with van der Waals surface area (Å²) >= 11 is 0. The lowest BCUT2D eigenvalue weighted by Gasteiger charge is -2.28. The second kappa shape index (κ2) is 26.6. The van der Waals surface area contributed by atoms with Crippen LogP contribution in [0.1, 0.15) is 126 Å². The average Bonchev–Trinajstić information content (AvgIpc) is 3.77. The molecule has 18 heteroatoms. The van der Waals surface area contributed by atoms with Gasteiger partial charge in [0.05, 0.1) is 6.04 Å². The number of benzene rings is 4. The van der Waals surface area contributed by atoms with E-state index in [9.17, 15) is 36.6 Å². The van der Waals surface area contributed by atoms with Gasteiger partial charge in [-0.2, -0.15) is 4.31 Å². The predicted octanol–water partition coefficient (Wildman–Crippen LogP) is 9.84. The lowest BCUT2D eigenvalue weighted by Crippen LogP contribution is -2.32. The molecule has 422 valence electrons. The number of aliphatic hydroxyl groups excluding tert-OH is 2. The summed E-state index contributed by atoms with van der Waals surface area (Å²) in [5, 5.41) is 18.4. The highest BCUT2D eigenvalue weighted by Gasteiger charge is 2.34. The number of hydrogen-bond acceptors (Lipinski definition) is 14. The van der Waals surface area contributed by atoms with Crippen LogP contribution in [0, 0.1) is 0 Å². The van der Waals surface area contributed by atoms with Crippen molar-refractivity contribution in [3.63, 3.8) is 0 Å². The van der Waals surface area contributed by atoms with Crippen LogP contribution in [0.5, 0.6) is 11.5 Å². The first kappa shape index (κ1) is 60.1. The maximum atomic E-state index is 13.7. The van der Waals surface area contributed by atoms with Gasteiger partial charge in [0, 0.05) is 49.8 Å². The molecule has 16 nitrogen and oxygen atoms in total. The fourth-order valence-electron chi connectivity index (χ4n) is 9.77. The Morgan fingerprint density at radius 1 is 0.595 bits per heavy atom. The predicted molar refractivity (Wildman–Crippen MR) is 302 cm³/mol. The average molecular weight is 1120 g/mol. The Morgan fingerprint density at radius 3 is 1.54 bits per heavy atom. The van der Waals surface area contributed by atoms with Crippen molar-refractivity contribution in [1.29, 1.82) is 0 Å². The Hall–Kier alpha value is -6.54. The number of esters is 2. The van der Waals surface area contributed by atoms with E-state index < -0.39 is 55.3 Å². The van der Waals surface area contributed by atoms with Gasteiger partial charge in [-0.1, -0.05) is 85.6 Å². The van der Waals surface area contributed by atoms with E-state index in [2.05, 4.69) is 14.7 Å². The molecule has 0 aliphatic heterocycles. The number of nitrogens with one attached hydrogen (secondary N) is 1. The molecule has 6 aromatic rings. The van der Waals surface area contributed by atoms with Crippen LogP contribution in [0.15, 0.2) is 132 Å². The Morgan fingerprint density at radius 2 is 1.06 bits per heavy atom. The van der Waals surface area contributed by atoms with Gasteiger partial charge in [0.25, 0.3) is 20.0 Å². The Balaban J connectivity index is 0.000000229. The summed E-state index contributed by atoms with van der Waals surface area (Å²) in [5.74, 6) is 0.229. The van der Waals surface area contributed by atoms with Gasteiger partial charge >= 0.3 is 11.9 Å². The van der Waals surface area contributed by atoms with Gasteiger partial charge in [0.1, 0.15) is 22.7 Å². The molecule has 0 bridgehead atoms. The number of carbonyl (C=O) groups is 2. The minimum atomic E-state index is -3.90. The highest BCUT2D eigenvalue weighted by molar-refractivity contribution is 7.89. The number of ether oxygens (including phenoxy) is 4. The van der Waals surface area contributed by atoms with Crippen molar-refractivity contribution in [1.82, 2.24) is 19.0 Å². The molecule has 4 aromatic carbocycles. The van der Waals surface area contributed by atoms with Crippen LogP contribution in [0.4, 0.5) is 0 Å². The monoisotopic (exact) mass is 1120 g/mol. The molecule has 0 fully saturated rings. The number of sulfonamides is 2. The summed E-state index contributed by atoms with van der Waals surface area (Å²) in [6.07, 6.45) is 10.4. The molecule has 8 rings (SSSR count). The van der Waals surface area contributed by atoms with Crippen molar-refractivity contribution >= 4 is 32.0 Å². The molecule has 2 atom stereocenters. The zero-order chi connectivity index (χ0) is 57.0. The lowest BCUT2D eigenvalue weighted by atomic mass is 9.98. The number of aromatic nitrogens is 2. The lowest BCUT2D eigenvalue weighted by molar-refractivity contribution is -0.158. The van der Waals surface area contributed by atoms with Crippen LogP contribution in [0.2, 0.25) is 0 Å². The fourth-order valence-corrected chi connectivity index (χ4v) is 12.2. The number of rotatable bonds is 18. The van der Waals surface area contributed by atoms with Crippen LogP contribution in [0.3, 0.4) is 0 Å². The van der Waals surface area contributed by atoms with Crippen molar-refractivity contribution in [2.75, 3.05) is 33.5 Å². The van der Waals surface area contributed by atoms with Crippen LogP contribution in [-0.2, 0) is 64.8 Å². The quantitative estimate of drug-likeness (QED) is 0.0539. The van der Waals surface area contributed by atoms with E-state index in [4.69, 9.17) is 18.9 Å². The smallest absolute Gasteiger partial charge is 0.344 e. The molecule has 0 radical (unpaired) electrons. The van der Waals surface area contributed by atoms with Crippen LogP contribution >= 0.6 is 0 Å². The Labute approximate surface area is 465 Å². The standard InChI is InChI=1S/C31H38N2O6S.C30H36N2O6S/c1-31(2,3)39-30(35)21-38-28-14-8-12-25-26(28)11-5-6-13-27(25)33(4)40(36,37)29-16-15-24(20-32-29)23-10-7-9-22(19-23)17-18-34;1-30(2,3)38-29(34)20-37-27-13-7-11-24-25(27)10-4-5-12-26(24)32-39(35,36)28-15-14-23(19-31-28)22-9-6-8-21(18-22)16-17-33/h7-10,12,14-16,19-20,27,34H,5-6,11,13,17-18,21H2,1-4H3;6-9,11,13-15,18-19,26,32-33H,4-5,10,12,16-17,20H2,1-3H3. The first-order valence-corrected chi connectivity index (χ1v) is 29.7. The molecule has 0 amide bonds. The summed E-state index contributed by atoms with van der Waals surface area (Å²) in [6.45, 7) is 10.5. The molecule has 79 heavy (non-hydrogen) atoms. The number of aliphatic hydroxyl groups is 2. The minimum Gasteiger partial charge on any atom is -0.482 e. The third kappa shape index (κ3) is 16.5. The maximum absolute atomic E-state index is 13.7. The molecule has 3 N–H and O–H groups in total. The van der Waals surface area contributed by atoms with E-state index in [1.54, 1.807) is 79.2 Å². The van der Waals surface area contributed by atoms with Crippen molar-refractivity contribution in [2.45, 2.75) is 139 Å². The van der Waals surface area contributed by atoms with E-state index in [0.29, 0.717) is 37.2 Å². The zero-order valence-corrected chi connectivity index (χ0v) is 47.9. The van der Waals surface area contributed by atoms with Gasteiger partial charge in [-0.3, -0.25) is 0 Å². The largest absolute Gasteiger partial charge is 0.482 e. The van der Waals surface area contributed by atoms with E-state index in [-0.39, 0.29) is 36.5 Å². The molecular formula is C61H74N4O12S2. The number of fused-ring (bicyclic) bond motifs is 2. The second-order valence-corrected chi connectivity index (χ2v) is 25.3. The van der Waals surface area contributed by atoms with E-state index in [0.717, 1.165) is 94.2 Å². The zero-order valence-electron chi connectivity index (χ0n) is 46.2. The molecule has 2 unspecified atom stereocenters. The van der Waals surface area contributed by atoms with Gasteiger partial charge in [-0.25, -0.2) is 41.1 Å². The first-order chi connectivity index (χ1) is 37.5. The summed E-state index contributed by atoms with van der Waals surface area (Å²) in [4.78, 5) is 33.0. The van der Waals surface area contributed by atoms with Gasteiger partial charge in [-0.05, 0) is 174 Å². The second-order valence-electron chi connectivity index (χ2n) is 21.7. The summed E-state index contributed by atoms with van der Waals surface area (Å²) in [7, 11) is -6.21. The molecular weight excluding hydrogens is 1040 g/mol. The maximum Gasteiger partial charge on any atom is 0.344 e. The van der Waals surface area contributed by atoms with Crippen molar-refractivity contribution in [2.24, 2.45) is 0 Å². The van der Waals surface area contributed by atoms with Gasteiger partial charge in [-0.15, -0.1) is 0 Å². The summed E-state index contributed by atoms with van der Waals surface area (Å²) in [6, 6.07) is 32.3. The normalized spacial score (nSPS) is 15.8. The van der Waals surface area contributed by atoms with Crippen LogP contribution in [-0.4, -0.2) is 97.9 Å². The van der Waals surface area contributed by atoms with Crippen molar-refractivity contribution in [3.8, 4) is 33.8 Å². The molecule has 2 aliphatic carbocycles. The highest BCUT2D eigenvalue weighted by Crippen LogP contribution is 2.40. The first-order valence-electron chi connectivity index (χ1n) is 26.8. The molecule has 2 aromatic heterocycles. The van der Waals surface area contributed by atoms with E-state index in [1.807, 2.05) is 78.9 Å². The molecule has 2 aliphatic rings. The third-order valence-corrected chi connectivity index (χ3v) is 16.5. The SMILES string of the molecule is CC(C)(C)OC(=O)COc1cccc2c1CCCCC2NS(=O)(=O)c1ccc(-c2cccc(CCO)c2)cn1.CN(C1CCCCc2c(OCC(=O)OC(C)(C)C)cccc21)S(=O)(=O)c1ccc(-c2cccc(CCO)c2)cn1. The molecule has 0 spiro atoms. The molecule has 0 saturated carbocycles. The van der Waals surface area contributed by atoms with Gasteiger partial charge < -0.3 is 29.2 Å². The number of pyridine rings is 2. The topological polar surface area (TPSA) is 221 Å². The number of hydrogen-bond donors (Lipinski definition) is 3. The van der Waals surface area contributed by atoms with Crippen LogP contribution in [0.25, 0.3) is 22.3 Å². The minimum absolute atomic E-state index is 0.0200. The van der Waals surface area contributed by atoms with Crippen molar-refractivity contribution < 1.29 is 55.6 Å².